The largest absolute Gasteiger partial charge is 0.465 e. The SMILES string of the molecule is CCCCCCCCCCN(CCCCO)CCCCCCCCCOC(=O)C(C)CC. The number of nitrogens with zero attached hydrogens (tertiary/aromatic N) is 1. The Balaban J connectivity index is 3.67. The molecule has 0 radical (unpaired) electrons. The summed E-state index contributed by atoms with van der Waals surface area (Å²) in [5.41, 5.74) is 0. The molecule has 0 saturated heterocycles. The predicted octanol–water partition coefficient (Wildman–Crippen LogP) is 7.52. The molecule has 0 spiro atoms. The van der Waals surface area contributed by atoms with E-state index in [2.05, 4.69) is 11.8 Å². The quantitative estimate of drug-likeness (QED) is 0.114. The number of rotatable bonds is 25. The van der Waals surface area contributed by atoms with Crippen LogP contribution in [0.4, 0.5) is 0 Å². The maximum Gasteiger partial charge on any atom is 0.308 e. The number of hydrogen-bond acceptors (Lipinski definition) is 4. The zero-order valence-electron chi connectivity index (χ0n) is 22.1. The third-order valence-electron chi connectivity index (χ3n) is 6.59. The van der Waals surface area contributed by atoms with Crippen LogP contribution in [0.5, 0.6) is 0 Å². The van der Waals surface area contributed by atoms with Crippen molar-refractivity contribution in [2.75, 3.05) is 32.8 Å². The highest BCUT2D eigenvalue weighted by molar-refractivity contribution is 5.71. The molecule has 4 nitrogen and oxygen atoms in total. The third-order valence-corrected chi connectivity index (χ3v) is 6.59. The van der Waals surface area contributed by atoms with Crippen LogP contribution in [-0.2, 0) is 9.53 Å². The summed E-state index contributed by atoms with van der Waals surface area (Å²) >= 11 is 0. The molecule has 4 heteroatoms. The van der Waals surface area contributed by atoms with Crippen LogP contribution in [0.25, 0.3) is 0 Å². The Labute approximate surface area is 200 Å². The Morgan fingerprint density at radius 1 is 0.688 bits per heavy atom. The molecule has 0 aliphatic heterocycles. The number of unbranched alkanes of at least 4 members (excludes halogenated alkanes) is 14. The van der Waals surface area contributed by atoms with Gasteiger partial charge in [-0.3, -0.25) is 4.79 Å². The van der Waals surface area contributed by atoms with E-state index >= 15 is 0 Å². The van der Waals surface area contributed by atoms with Gasteiger partial charge in [-0.1, -0.05) is 97.8 Å². The second kappa shape index (κ2) is 25.0. The van der Waals surface area contributed by atoms with E-state index in [0.29, 0.717) is 13.2 Å². The summed E-state index contributed by atoms with van der Waals surface area (Å²) in [6.45, 7) is 10.7. The van der Waals surface area contributed by atoms with E-state index in [1.54, 1.807) is 0 Å². The normalized spacial score (nSPS) is 12.4. The molecular formula is C28H57NO3. The highest BCUT2D eigenvalue weighted by atomic mass is 16.5. The molecule has 0 amide bonds. The van der Waals surface area contributed by atoms with Crippen molar-refractivity contribution in [3.63, 3.8) is 0 Å². The minimum Gasteiger partial charge on any atom is -0.465 e. The molecule has 0 heterocycles. The summed E-state index contributed by atoms with van der Waals surface area (Å²) in [5, 5.41) is 9.08. The fraction of sp³-hybridized carbons (Fsp3) is 0.964. The highest BCUT2D eigenvalue weighted by Gasteiger charge is 2.11. The van der Waals surface area contributed by atoms with Crippen molar-refractivity contribution in [3.8, 4) is 0 Å². The molecule has 0 aromatic carbocycles. The van der Waals surface area contributed by atoms with Crippen LogP contribution in [-0.4, -0.2) is 48.8 Å². The van der Waals surface area contributed by atoms with E-state index in [4.69, 9.17) is 9.84 Å². The lowest BCUT2D eigenvalue weighted by Gasteiger charge is -2.22. The van der Waals surface area contributed by atoms with Crippen LogP contribution in [0, 0.1) is 5.92 Å². The number of hydrogen-bond donors (Lipinski definition) is 1. The number of aliphatic hydroxyl groups excluding tert-OH is 1. The van der Waals surface area contributed by atoms with Gasteiger partial charge in [0.15, 0.2) is 0 Å². The number of carbonyl (C=O) groups is 1. The van der Waals surface area contributed by atoms with Crippen LogP contribution in [0.15, 0.2) is 0 Å². The van der Waals surface area contributed by atoms with Gasteiger partial charge in [-0.2, -0.15) is 0 Å². The smallest absolute Gasteiger partial charge is 0.308 e. The van der Waals surface area contributed by atoms with Crippen LogP contribution < -0.4 is 0 Å². The molecule has 1 atom stereocenters. The molecule has 0 fully saturated rings. The van der Waals surface area contributed by atoms with Crippen LogP contribution in [0.3, 0.4) is 0 Å². The number of carbonyl (C=O) groups excluding carboxylic acids is 1. The first-order chi connectivity index (χ1) is 15.7. The molecule has 0 saturated carbocycles. The molecule has 0 aliphatic carbocycles. The zero-order valence-corrected chi connectivity index (χ0v) is 22.1. The molecule has 0 rings (SSSR count). The van der Waals surface area contributed by atoms with E-state index in [-0.39, 0.29) is 11.9 Å². The summed E-state index contributed by atoms with van der Waals surface area (Å²) in [6, 6.07) is 0. The molecule has 0 aromatic rings. The Morgan fingerprint density at radius 2 is 1.12 bits per heavy atom. The van der Waals surface area contributed by atoms with Gasteiger partial charge in [0.05, 0.1) is 12.5 Å². The zero-order chi connectivity index (χ0) is 23.7. The predicted molar refractivity (Wildman–Crippen MR) is 138 cm³/mol. The lowest BCUT2D eigenvalue weighted by Crippen LogP contribution is -2.27. The van der Waals surface area contributed by atoms with Crippen molar-refractivity contribution in [3.05, 3.63) is 0 Å². The van der Waals surface area contributed by atoms with Crippen LogP contribution in [0.1, 0.15) is 136 Å². The average molecular weight is 456 g/mol. The molecular weight excluding hydrogens is 398 g/mol. The van der Waals surface area contributed by atoms with E-state index in [9.17, 15) is 4.79 Å². The molecule has 0 aliphatic rings. The van der Waals surface area contributed by atoms with Crippen molar-refractivity contribution in [1.29, 1.82) is 0 Å². The van der Waals surface area contributed by atoms with Gasteiger partial charge < -0.3 is 14.7 Å². The summed E-state index contributed by atoms with van der Waals surface area (Å²) < 4.78 is 5.32. The topological polar surface area (TPSA) is 49.8 Å². The summed E-state index contributed by atoms with van der Waals surface area (Å²) in [5.74, 6) is -0.00299. The van der Waals surface area contributed by atoms with E-state index in [1.807, 2.05) is 13.8 Å². The summed E-state index contributed by atoms with van der Waals surface area (Å²) in [4.78, 5) is 14.3. The molecule has 1 unspecified atom stereocenters. The first-order valence-corrected chi connectivity index (χ1v) is 14.2. The average Bonchev–Trinajstić information content (AvgIpc) is 2.80. The molecule has 0 aromatic heterocycles. The third kappa shape index (κ3) is 21.2. The second-order valence-corrected chi connectivity index (χ2v) is 9.70. The minimum atomic E-state index is -0.0389. The van der Waals surface area contributed by atoms with Crippen LogP contribution in [0.2, 0.25) is 0 Å². The Hall–Kier alpha value is -0.610. The van der Waals surface area contributed by atoms with Crippen molar-refractivity contribution in [1.82, 2.24) is 4.90 Å². The maximum atomic E-state index is 11.6. The summed E-state index contributed by atoms with van der Waals surface area (Å²) in [6.07, 6.45) is 22.6. The molecule has 32 heavy (non-hydrogen) atoms. The number of aliphatic hydroxyl groups is 1. The first kappa shape index (κ1) is 31.4. The van der Waals surface area contributed by atoms with Gasteiger partial charge in [0.1, 0.15) is 0 Å². The Bertz CT molecular complexity index is 389. The number of ether oxygens (including phenoxy) is 1. The van der Waals surface area contributed by atoms with Gasteiger partial charge in [-0.15, -0.1) is 0 Å². The van der Waals surface area contributed by atoms with Gasteiger partial charge >= 0.3 is 5.97 Å². The summed E-state index contributed by atoms with van der Waals surface area (Å²) in [7, 11) is 0. The number of esters is 1. The molecule has 0 bridgehead atoms. The monoisotopic (exact) mass is 455 g/mol. The first-order valence-electron chi connectivity index (χ1n) is 14.2. The van der Waals surface area contributed by atoms with Gasteiger partial charge in [0.2, 0.25) is 0 Å². The fourth-order valence-corrected chi connectivity index (χ4v) is 4.05. The van der Waals surface area contributed by atoms with Crippen LogP contribution >= 0.6 is 0 Å². The van der Waals surface area contributed by atoms with Gasteiger partial charge in [-0.05, 0) is 58.2 Å². The molecule has 1 N–H and O–H groups in total. The van der Waals surface area contributed by atoms with Crippen molar-refractivity contribution in [2.24, 2.45) is 5.92 Å². The minimum absolute atomic E-state index is 0.0359. The van der Waals surface area contributed by atoms with E-state index < -0.39 is 0 Å². The highest BCUT2D eigenvalue weighted by Crippen LogP contribution is 2.12. The lowest BCUT2D eigenvalue weighted by atomic mass is 10.1. The van der Waals surface area contributed by atoms with Crippen molar-refractivity contribution >= 4 is 5.97 Å². The lowest BCUT2D eigenvalue weighted by molar-refractivity contribution is -0.148. The fourth-order valence-electron chi connectivity index (χ4n) is 4.05. The Morgan fingerprint density at radius 3 is 1.59 bits per heavy atom. The Kier molecular flexibility index (Phi) is 24.5. The van der Waals surface area contributed by atoms with E-state index in [1.165, 1.54) is 103 Å². The standard InChI is InChI=1S/C28H57NO3/c1-4-6-7-8-9-11-14-17-22-29(24-19-20-25-30)23-18-15-12-10-13-16-21-26-32-28(31)27(3)5-2/h27,30H,4-26H2,1-3H3. The van der Waals surface area contributed by atoms with Gasteiger partial charge in [-0.25, -0.2) is 0 Å². The maximum absolute atomic E-state index is 11.6. The van der Waals surface area contributed by atoms with Crippen molar-refractivity contribution in [2.45, 2.75) is 136 Å². The van der Waals surface area contributed by atoms with E-state index in [0.717, 1.165) is 32.2 Å². The van der Waals surface area contributed by atoms with Gasteiger partial charge in [0.25, 0.3) is 0 Å². The second-order valence-electron chi connectivity index (χ2n) is 9.70. The van der Waals surface area contributed by atoms with Crippen molar-refractivity contribution < 1.29 is 14.6 Å². The van der Waals surface area contributed by atoms with Gasteiger partial charge in [0, 0.05) is 6.61 Å². The molecule has 192 valence electrons.